The number of hydrogen-bond donors (Lipinski definition) is 1. The predicted molar refractivity (Wildman–Crippen MR) is 78.2 cm³/mol. The van der Waals surface area contributed by atoms with Crippen LogP contribution in [0.15, 0.2) is 30.3 Å². The molecule has 1 N–H and O–H groups in total. The molecule has 1 aromatic heterocycles. The van der Waals surface area contributed by atoms with Crippen LogP contribution in [0.3, 0.4) is 0 Å². The molecule has 0 saturated carbocycles. The van der Waals surface area contributed by atoms with Gasteiger partial charge in [0.1, 0.15) is 11.0 Å². The van der Waals surface area contributed by atoms with Crippen molar-refractivity contribution >= 4 is 11.0 Å². The number of aromatic amines is 1. The normalized spacial score (nSPS) is 11.1. The third kappa shape index (κ3) is 1.91. The Labute approximate surface area is 112 Å². The molecule has 0 amide bonds. The Balaban J connectivity index is 2.33. The minimum absolute atomic E-state index is 0.936. The highest BCUT2D eigenvalue weighted by Gasteiger charge is 2.13. The number of aromatic nitrogens is 3. The summed E-state index contributed by atoms with van der Waals surface area (Å²) in [6.45, 7) is 6.44. The van der Waals surface area contributed by atoms with Crippen LogP contribution in [0.1, 0.15) is 23.6 Å². The number of H-pyrrole nitrogens is 1. The van der Waals surface area contributed by atoms with Crippen molar-refractivity contribution in [1.29, 1.82) is 0 Å². The first-order valence-corrected chi connectivity index (χ1v) is 6.60. The Kier molecular flexibility index (Phi) is 2.82. The molecule has 0 fully saturated rings. The summed E-state index contributed by atoms with van der Waals surface area (Å²) in [5.41, 5.74) is 8.30. The molecular formula is C16H17N3. The molecule has 0 aliphatic rings. The minimum Gasteiger partial charge on any atom is -0.197 e. The van der Waals surface area contributed by atoms with Gasteiger partial charge in [0.2, 0.25) is 0 Å². The van der Waals surface area contributed by atoms with Crippen LogP contribution >= 0.6 is 0 Å². The van der Waals surface area contributed by atoms with Gasteiger partial charge in [0, 0.05) is 0 Å². The van der Waals surface area contributed by atoms with E-state index < -0.39 is 0 Å². The van der Waals surface area contributed by atoms with Gasteiger partial charge in [-0.15, -0.1) is 0 Å². The summed E-state index contributed by atoms with van der Waals surface area (Å²) in [4.78, 5) is 0. The van der Waals surface area contributed by atoms with E-state index in [0.29, 0.717) is 0 Å². The molecule has 3 aromatic rings. The first kappa shape index (κ1) is 11.9. The Hall–Kier alpha value is -2.16. The molecule has 3 nitrogen and oxygen atoms in total. The smallest absolute Gasteiger partial charge is 0.116 e. The number of fused-ring (bicyclic) bond motifs is 1. The van der Waals surface area contributed by atoms with E-state index in [2.05, 4.69) is 66.5 Å². The number of nitrogens with zero attached hydrogens (tertiary/aromatic N) is 2. The fraction of sp³-hybridized carbons (Fsp3) is 0.250. The zero-order valence-corrected chi connectivity index (χ0v) is 11.5. The van der Waals surface area contributed by atoms with Crippen LogP contribution in [0.25, 0.3) is 22.2 Å². The van der Waals surface area contributed by atoms with Gasteiger partial charge < -0.3 is 0 Å². The quantitative estimate of drug-likeness (QED) is 0.752. The summed E-state index contributed by atoms with van der Waals surface area (Å²) in [6.07, 6.45) is 0.998. The van der Waals surface area contributed by atoms with Crippen molar-refractivity contribution in [2.75, 3.05) is 0 Å². The summed E-state index contributed by atoms with van der Waals surface area (Å²) >= 11 is 0. The fourth-order valence-electron chi connectivity index (χ4n) is 2.71. The topological polar surface area (TPSA) is 41.6 Å². The van der Waals surface area contributed by atoms with E-state index in [0.717, 1.165) is 17.5 Å². The molecule has 19 heavy (non-hydrogen) atoms. The number of benzene rings is 2. The van der Waals surface area contributed by atoms with Crippen LogP contribution < -0.4 is 0 Å². The highest BCUT2D eigenvalue weighted by atomic mass is 15.3. The molecule has 0 atom stereocenters. The second kappa shape index (κ2) is 4.50. The summed E-state index contributed by atoms with van der Waals surface area (Å²) in [5, 5.41) is 11.2. The zero-order valence-electron chi connectivity index (χ0n) is 11.5. The highest BCUT2D eigenvalue weighted by molar-refractivity contribution is 5.86. The van der Waals surface area contributed by atoms with Crippen molar-refractivity contribution in [3.05, 3.63) is 47.0 Å². The molecule has 0 saturated heterocycles. The van der Waals surface area contributed by atoms with Gasteiger partial charge in [-0.25, -0.2) is 0 Å². The van der Waals surface area contributed by atoms with E-state index in [4.69, 9.17) is 0 Å². The van der Waals surface area contributed by atoms with Crippen LogP contribution in [0.2, 0.25) is 0 Å². The lowest BCUT2D eigenvalue weighted by molar-refractivity contribution is 0.958. The lowest BCUT2D eigenvalue weighted by atomic mass is 9.92. The second-order valence-corrected chi connectivity index (χ2v) is 4.94. The van der Waals surface area contributed by atoms with Gasteiger partial charge in [-0.05, 0) is 48.6 Å². The lowest BCUT2D eigenvalue weighted by Crippen LogP contribution is -1.94. The van der Waals surface area contributed by atoms with E-state index in [-0.39, 0.29) is 0 Å². The maximum Gasteiger partial charge on any atom is 0.116 e. The van der Waals surface area contributed by atoms with Gasteiger partial charge in [-0.1, -0.05) is 36.8 Å². The maximum atomic E-state index is 4.24. The van der Waals surface area contributed by atoms with E-state index in [1.807, 2.05) is 0 Å². The minimum atomic E-state index is 0.936. The van der Waals surface area contributed by atoms with Crippen molar-refractivity contribution in [2.24, 2.45) is 0 Å². The first-order chi connectivity index (χ1) is 9.20. The van der Waals surface area contributed by atoms with Crippen molar-refractivity contribution < 1.29 is 0 Å². The van der Waals surface area contributed by atoms with Crippen LogP contribution in [0, 0.1) is 13.8 Å². The third-order valence-electron chi connectivity index (χ3n) is 3.67. The fourth-order valence-corrected chi connectivity index (χ4v) is 2.71. The zero-order chi connectivity index (χ0) is 13.4. The molecular weight excluding hydrogens is 234 g/mol. The van der Waals surface area contributed by atoms with Gasteiger partial charge >= 0.3 is 0 Å². The number of aryl methyl sites for hydroxylation is 2. The van der Waals surface area contributed by atoms with E-state index >= 15 is 0 Å². The Morgan fingerprint density at radius 1 is 1.11 bits per heavy atom. The van der Waals surface area contributed by atoms with E-state index in [9.17, 15) is 0 Å². The van der Waals surface area contributed by atoms with Crippen molar-refractivity contribution in [3.8, 4) is 11.1 Å². The molecule has 0 radical (unpaired) electrons. The molecule has 96 valence electrons. The van der Waals surface area contributed by atoms with Gasteiger partial charge in [0.05, 0.1) is 0 Å². The van der Waals surface area contributed by atoms with E-state index in [1.165, 1.54) is 27.8 Å². The van der Waals surface area contributed by atoms with Crippen LogP contribution in [0.4, 0.5) is 0 Å². The first-order valence-electron chi connectivity index (χ1n) is 6.60. The molecule has 0 bridgehead atoms. The molecule has 1 heterocycles. The molecule has 3 rings (SSSR count). The molecule has 2 aromatic carbocycles. The lowest BCUT2D eigenvalue weighted by Gasteiger charge is -2.12. The van der Waals surface area contributed by atoms with E-state index in [1.54, 1.807) is 0 Å². The maximum absolute atomic E-state index is 4.24. The standard InChI is InChI=1S/C16H17N3/c1-4-13-11(3)16-15(17-19-18-16)9-14(13)12-7-5-6-10(2)8-12/h5-9H,4H2,1-3H3,(H,17,18,19). The van der Waals surface area contributed by atoms with Crippen molar-refractivity contribution in [3.63, 3.8) is 0 Å². The molecule has 0 aliphatic carbocycles. The summed E-state index contributed by atoms with van der Waals surface area (Å²) in [6, 6.07) is 10.7. The van der Waals surface area contributed by atoms with Crippen LogP contribution in [0.5, 0.6) is 0 Å². The largest absolute Gasteiger partial charge is 0.197 e. The average molecular weight is 251 g/mol. The van der Waals surface area contributed by atoms with Crippen molar-refractivity contribution in [1.82, 2.24) is 15.4 Å². The third-order valence-corrected chi connectivity index (χ3v) is 3.67. The van der Waals surface area contributed by atoms with Crippen LogP contribution in [-0.4, -0.2) is 15.4 Å². The number of nitrogens with one attached hydrogen (secondary N) is 1. The Morgan fingerprint density at radius 3 is 2.68 bits per heavy atom. The molecule has 3 heteroatoms. The van der Waals surface area contributed by atoms with Gasteiger partial charge in [0.15, 0.2) is 0 Å². The van der Waals surface area contributed by atoms with Gasteiger partial charge in [-0.2, -0.15) is 15.4 Å². The second-order valence-electron chi connectivity index (χ2n) is 4.94. The number of rotatable bonds is 2. The summed E-state index contributed by atoms with van der Waals surface area (Å²) in [7, 11) is 0. The molecule has 0 unspecified atom stereocenters. The van der Waals surface area contributed by atoms with Gasteiger partial charge in [-0.3, -0.25) is 0 Å². The highest BCUT2D eigenvalue weighted by Crippen LogP contribution is 2.31. The summed E-state index contributed by atoms with van der Waals surface area (Å²) in [5.74, 6) is 0. The van der Waals surface area contributed by atoms with Gasteiger partial charge in [0.25, 0.3) is 0 Å². The summed E-state index contributed by atoms with van der Waals surface area (Å²) < 4.78 is 0. The Bertz CT molecular complexity index is 741. The van der Waals surface area contributed by atoms with Crippen LogP contribution in [-0.2, 0) is 6.42 Å². The molecule has 0 spiro atoms. The average Bonchev–Trinajstić information content (AvgIpc) is 2.87. The van der Waals surface area contributed by atoms with Crippen molar-refractivity contribution in [2.45, 2.75) is 27.2 Å². The number of hydrogen-bond acceptors (Lipinski definition) is 2. The SMILES string of the molecule is CCc1c(-c2cccc(C)c2)cc2n[nH]nc2c1C. The molecule has 0 aliphatic heterocycles. The monoisotopic (exact) mass is 251 g/mol. The predicted octanol–water partition coefficient (Wildman–Crippen LogP) is 3.80. The Morgan fingerprint density at radius 2 is 1.95 bits per heavy atom.